The maximum absolute atomic E-state index is 9.16. The fourth-order valence-corrected chi connectivity index (χ4v) is 1.11. The van der Waals surface area contributed by atoms with Crippen molar-refractivity contribution < 1.29 is 10.4 Å². The first-order valence-electron chi connectivity index (χ1n) is 8.31. The van der Waals surface area contributed by atoms with E-state index < -0.39 is 0 Å². The van der Waals surface area contributed by atoms with Gasteiger partial charge in [0.15, 0.2) is 0 Å². The summed E-state index contributed by atoms with van der Waals surface area (Å²) in [6, 6.07) is 0.343. The van der Waals surface area contributed by atoms with E-state index >= 15 is 0 Å². The van der Waals surface area contributed by atoms with Gasteiger partial charge in [-0.1, -0.05) is 26.7 Å². The molecule has 0 aromatic rings. The van der Waals surface area contributed by atoms with Crippen LogP contribution < -0.4 is 0 Å². The van der Waals surface area contributed by atoms with Gasteiger partial charge in [-0.15, -0.1) is 0 Å². The largest absolute Gasteiger partial charge is 0.288 e. The second-order valence-electron chi connectivity index (χ2n) is 5.72. The molecule has 0 saturated heterocycles. The molecule has 0 spiro atoms. The van der Waals surface area contributed by atoms with Crippen LogP contribution in [0.1, 0.15) is 67.2 Å². The Balaban J connectivity index is 0. The minimum Gasteiger partial charge on any atom is -0.288 e. The van der Waals surface area contributed by atoms with Crippen LogP contribution in [0.4, 0.5) is 0 Å². The molecular formula is C16H36N4O2. The molecule has 132 valence electrons. The quantitative estimate of drug-likeness (QED) is 0.278. The van der Waals surface area contributed by atoms with Crippen LogP contribution in [-0.2, 0) is 0 Å². The lowest BCUT2D eigenvalue weighted by molar-refractivity contribution is -0.0362. The van der Waals surface area contributed by atoms with Gasteiger partial charge in [-0.2, -0.15) is 0 Å². The van der Waals surface area contributed by atoms with Crippen LogP contribution in [0, 0.1) is 0 Å². The Morgan fingerprint density at radius 2 is 1.55 bits per heavy atom. The van der Waals surface area contributed by atoms with Crippen molar-refractivity contribution in [2.45, 2.75) is 79.3 Å². The molecule has 0 radical (unpaired) electrons. The zero-order chi connectivity index (χ0) is 17.4. The molecule has 6 heteroatoms. The van der Waals surface area contributed by atoms with E-state index in [9.17, 15) is 0 Å². The molecule has 2 N–H and O–H groups in total. The smallest absolute Gasteiger partial charge is 0.110 e. The Hall–Kier alpha value is -1.14. The summed E-state index contributed by atoms with van der Waals surface area (Å²) in [7, 11) is 0. The Kier molecular flexibility index (Phi) is 17.1. The fourth-order valence-electron chi connectivity index (χ4n) is 1.11. The van der Waals surface area contributed by atoms with Crippen molar-refractivity contribution in [2.75, 3.05) is 13.1 Å². The third-order valence-electron chi connectivity index (χ3n) is 2.61. The first kappa shape index (κ1) is 23.1. The minimum atomic E-state index is 0.0995. The lowest BCUT2D eigenvalue weighted by Gasteiger charge is -2.14. The summed E-state index contributed by atoms with van der Waals surface area (Å²) in [5.74, 6) is 0. The average molecular weight is 316 g/mol. The van der Waals surface area contributed by atoms with E-state index in [1.165, 1.54) is 17.7 Å². The Morgan fingerprint density at radius 3 is 2.00 bits per heavy atom. The topological polar surface area (TPSA) is 71.7 Å². The van der Waals surface area contributed by atoms with Gasteiger partial charge < -0.3 is 0 Å². The van der Waals surface area contributed by atoms with Crippen LogP contribution in [0.15, 0.2) is 9.98 Å². The van der Waals surface area contributed by atoms with Crippen LogP contribution in [0.25, 0.3) is 0 Å². The molecule has 0 atom stereocenters. The van der Waals surface area contributed by atoms with Crippen LogP contribution in [-0.4, -0.2) is 58.4 Å². The number of rotatable bonds is 10. The highest BCUT2D eigenvalue weighted by molar-refractivity contribution is 5.53. The van der Waals surface area contributed by atoms with Crippen molar-refractivity contribution in [3.63, 3.8) is 0 Å². The van der Waals surface area contributed by atoms with E-state index in [1.807, 2.05) is 27.7 Å². The van der Waals surface area contributed by atoms with Gasteiger partial charge in [0.05, 0.1) is 6.04 Å². The van der Waals surface area contributed by atoms with E-state index in [1.54, 1.807) is 0 Å². The highest BCUT2D eigenvalue weighted by Crippen LogP contribution is 1.91. The zero-order valence-corrected chi connectivity index (χ0v) is 15.2. The van der Waals surface area contributed by atoms with Crippen LogP contribution in [0.2, 0.25) is 0 Å². The molecule has 22 heavy (non-hydrogen) atoms. The predicted molar refractivity (Wildman–Crippen MR) is 94.1 cm³/mol. The fraction of sp³-hybridized carbons (Fsp3) is 0.875. The van der Waals surface area contributed by atoms with Crippen molar-refractivity contribution in [3.8, 4) is 0 Å². The molecule has 0 fully saturated rings. The molecule has 0 unspecified atom stereocenters. The molecule has 0 heterocycles. The predicted octanol–water partition coefficient (Wildman–Crippen LogP) is 3.83. The number of hydrogen-bond donors (Lipinski definition) is 2. The van der Waals surface area contributed by atoms with Gasteiger partial charge in [0.25, 0.3) is 0 Å². The standard InChI is InChI=1S/C9H20N2O.C7H16N2O/c1-3-5-7-10-9-11(12)8-6-4-2;1-6(2)8-5-9(10)7(3)4/h9,12H,3-8H2,1-2H3;5-7,10H,1-4H3/b10-9+;8-5+. The van der Waals surface area contributed by atoms with E-state index in [4.69, 9.17) is 10.4 Å². The monoisotopic (exact) mass is 316 g/mol. The number of aliphatic imine (C=N–C) groups is 2. The lowest BCUT2D eigenvalue weighted by atomic mass is 10.3. The average Bonchev–Trinajstić information content (AvgIpc) is 2.47. The molecule has 0 aliphatic rings. The highest BCUT2D eigenvalue weighted by atomic mass is 16.5. The summed E-state index contributed by atoms with van der Waals surface area (Å²) in [6.07, 6.45) is 7.33. The van der Waals surface area contributed by atoms with Crippen molar-refractivity contribution in [1.82, 2.24) is 10.1 Å². The van der Waals surface area contributed by atoms with Gasteiger partial charge in [-0.3, -0.25) is 20.4 Å². The van der Waals surface area contributed by atoms with E-state index in [0.717, 1.165) is 37.3 Å². The van der Waals surface area contributed by atoms with Crippen molar-refractivity contribution in [3.05, 3.63) is 0 Å². The van der Waals surface area contributed by atoms with Gasteiger partial charge in [-0.25, -0.2) is 10.1 Å². The Labute approximate surface area is 136 Å². The van der Waals surface area contributed by atoms with Crippen LogP contribution in [0.5, 0.6) is 0 Å². The first-order valence-corrected chi connectivity index (χ1v) is 8.31. The van der Waals surface area contributed by atoms with Gasteiger partial charge in [-0.05, 0) is 40.5 Å². The molecule has 0 aliphatic heterocycles. The van der Waals surface area contributed by atoms with Crippen molar-refractivity contribution >= 4 is 12.7 Å². The van der Waals surface area contributed by atoms with Gasteiger partial charge in [0.2, 0.25) is 0 Å². The number of nitrogens with zero attached hydrogens (tertiary/aromatic N) is 4. The summed E-state index contributed by atoms with van der Waals surface area (Å²) in [5.41, 5.74) is 0. The van der Waals surface area contributed by atoms with E-state index in [2.05, 4.69) is 23.8 Å². The number of unbranched alkanes of at least 4 members (excludes halogenated alkanes) is 2. The Morgan fingerprint density at radius 1 is 0.955 bits per heavy atom. The Bertz CT molecular complexity index is 281. The molecule has 0 aromatic heterocycles. The second-order valence-corrected chi connectivity index (χ2v) is 5.72. The zero-order valence-electron chi connectivity index (χ0n) is 15.2. The molecule has 0 rings (SSSR count). The van der Waals surface area contributed by atoms with Gasteiger partial charge >= 0.3 is 0 Å². The molecule has 0 saturated carbocycles. The van der Waals surface area contributed by atoms with Crippen LogP contribution in [0.3, 0.4) is 0 Å². The lowest BCUT2D eigenvalue weighted by Crippen LogP contribution is -2.25. The summed E-state index contributed by atoms with van der Waals surface area (Å²) in [4.78, 5) is 8.06. The molecule has 0 amide bonds. The molecule has 0 aromatic carbocycles. The maximum atomic E-state index is 9.16. The van der Waals surface area contributed by atoms with Crippen molar-refractivity contribution in [2.24, 2.45) is 9.98 Å². The number of hydrogen-bond acceptors (Lipinski definition) is 4. The third-order valence-corrected chi connectivity index (χ3v) is 2.61. The molecule has 0 bridgehead atoms. The molecule has 6 nitrogen and oxygen atoms in total. The van der Waals surface area contributed by atoms with E-state index in [0.29, 0.717) is 6.54 Å². The van der Waals surface area contributed by atoms with Gasteiger partial charge in [0, 0.05) is 19.1 Å². The summed E-state index contributed by atoms with van der Waals surface area (Å²) >= 11 is 0. The van der Waals surface area contributed by atoms with Gasteiger partial charge in [0.1, 0.15) is 12.7 Å². The maximum Gasteiger partial charge on any atom is 0.110 e. The summed E-state index contributed by atoms with van der Waals surface area (Å²) < 4.78 is 0. The molecular weight excluding hydrogens is 280 g/mol. The first-order chi connectivity index (χ1) is 10.3. The summed E-state index contributed by atoms with van der Waals surface area (Å²) in [6.45, 7) is 13.4. The minimum absolute atomic E-state index is 0.0995. The van der Waals surface area contributed by atoms with Crippen molar-refractivity contribution in [1.29, 1.82) is 0 Å². The third kappa shape index (κ3) is 18.9. The highest BCUT2D eigenvalue weighted by Gasteiger charge is 1.98. The normalized spacial score (nSPS) is 11.4. The summed E-state index contributed by atoms with van der Waals surface area (Å²) in [5, 5.41) is 20.5. The molecule has 0 aliphatic carbocycles. The SMILES string of the molecule is CC(C)/N=C/N(O)C(C)C.CCCC/N=C/N(O)CCCC. The number of hydroxylamine groups is 4. The van der Waals surface area contributed by atoms with Crippen LogP contribution >= 0.6 is 0 Å². The van der Waals surface area contributed by atoms with E-state index in [-0.39, 0.29) is 12.1 Å². The second kappa shape index (κ2) is 16.2.